The number of hydroxylamine groups is 2. The molecular weight excluding hydrogens is 526 g/mol. The lowest BCUT2D eigenvalue weighted by Crippen LogP contribution is -2.54. The third-order valence-electron chi connectivity index (χ3n) is 7.05. The van der Waals surface area contributed by atoms with E-state index in [0.717, 1.165) is 10.6 Å². The van der Waals surface area contributed by atoms with Crippen molar-refractivity contribution in [3.05, 3.63) is 70.8 Å². The van der Waals surface area contributed by atoms with E-state index in [4.69, 9.17) is 9.57 Å². The zero-order valence-corrected chi connectivity index (χ0v) is 20.8. The molecule has 0 radical (unpaired) electrons. The molecule has 4 rings (SSSR count). The van der Waals surface area contributed by atoms with Crippen LogP contribution >= 0.6 is 12.4 Å². The normalized spacial score (nSPS) is 25.5. The maximum absolute atomic E-state index is 13.3. The van der Waals surface area contributed by atoms with E-state index in [9.17, 15) is 31.1 Å². The Morgan fingerprint density at radius 1 is 1.03 bits per heavy atom. The van der Waals surface area contributed by atoms with Gasteiger partial charge < -0.3 is 10.1 Å². The highest BCUT2D eigenvalue weighted by Gasteiger charge is 2.56. The molecule has 37 heavy (non-hydrogen) atoms. The zero-order chi connectivity index (χ0) is 26.3. The lowest BCUT2D eigenvalue weighted by atomic mass is 9.80. The Morgan fingerprint density at radius 2 is 1.62 bits per heavy atom. The van der Waals surface area contributed by atoms with Gasteiger partial charge in [0.05, 0.1) is 42.4 Å². The summed E-state index contributed by atoms with van der Waals surface area (Å²) in [5, 5.41) is 4.66. The maximum Gasteiger partial charge on any atom is 0.416 e. The van der Waals surface area contributed by atoms with Gasteiger partial charge in [-0.1, -0.05) is 30.3 Å². The molecule has 12 heteroatoms. The highest BCUT2D eigenvalue weighted by atomic mass is 35.5. The molecule has 204 valence electrons. The van der Waals surface area contributed by atoms with Crippen molar-refractivity contribution in [2.24, 2.45) is 5.92 Å². The number of amides is 1. The number of piperidine rings is 1. The Balaban J connectivity index is 0.00000380. The number of fused-ring (bicyclic) bond motifs is 2. The average molecular weight is 553 g/mol. The Bertz CT molecular complexity index is 1070. The van der Waals surface area contributed by atoms with Gasteiger partial charge in [0.25, 0.3) is 5.91 Å². The minimum atomic E-state index is -4.94. The summed E-state index contributed by atoms with van der Waals surface area (Å²) >= 11 is 0. The van der Waals surface area contributed by atoms with E-state index in [1.807, 2.05) is 30.3 Å². The largest absolute Gasteiger partial charge is 0.416 e. The van der Waals surface area contributed by atoms with E-state index in [-0.39, 0.29) is 36.0 Å². The number of halogens is 7. The first kappa shape index (κ1) is 29.2. The number of hydrogen-bond donors (Lipinski definition) is 1. The second kappa shape index (κ2) is 10.8. The first-order valence-electron chi connectivity index (χ1n) is 11.4. The van der Waals surface area contributed by atoms with Gasteiger partial charge in [0.1, 0.15) is 0 Å². The van der Waals surface area contributed by atoms with Crippen molar-refractivity contribution in [3.8, 4) is 0 Å². The van der Waals surface area contributed by atoms with Crippen LogP contribution in [0.25, 0.3) is 0 Å². The van der Waals surface area contributed by atoms with Gasteiger partial charge in [0.15, 0.2) is 0 Å². The quantitative estimate of drug-likeness (QED) is 0.368. The molecule has 0 saturated carbocycles. The van der Waals surface area contributed by atoms with Gasteiger partial charge in [-0.3, -0.25) is 9.63 Å². The number of carbonyl (C=O) groups excluding carboxylic acids is 1. The fourth-order valence-corrected chi connectivity index (χ4v) is 5.29. The zero-order valence-electron chi connectivity index (χ0n) is 20.0. The summed E-state index contributed by atoms with van der Waals surface area (Å²) in [4.78, 5) is 18.0. The predicted octanol–water partition coefficient (Wildman–Crippen LogP) is 5.72. The molecule has 2 aromatic rings. The summed E-state index contributed by atoms with van der Waals surface area (Å²) < 4.78 is 85.8. The Hall–Kier alpha value is -2.34. The fourth-order valence-electron chi connectivity index (χ4n) is 5.29. The maximum atomic E-state index is 13.3. The predicted molar refractivity (Wildman–Crippen MR) is 124 cm³/mol. The molecule has 2 aliphatic heterocycles. The third-order valence-corrected chi connectivity index (χ3v) is 7.05. The van der Waals surface area contributed by atoms with Crippen molar-refractivity contribution in [1.82, 2.24) is 10.4 Å². The summed E-state index contributed by atoms with van der Waals surface area (Å²) in [7, 11) is 2.90. The van der Waals surface area contributed by atoms with Crippen LogP contribution in [-0.2, 0) is 38.9 Å². The first-order valence-corrected chi connectivity index (χ1v) is 11.4. The smallest absolute Gasteiger partial charge is 0.371 e. The lowest BCUT2D eigenvalue weighted by Gasteiger charge is -2.42. The SMILES string of the molecule is CON(C)C(=O)[C@@H]1C[C@]2(c3ccccc3)N[C@H]1CC[C@H]2OCc1cc(C(F)(F)F)cc(C(F)(F)F)c1.Cl. The van der Waals surface area contributed by atoms with Gasteiger partial charge >= 0.3 is 12.4 Å². The van der Waals surface area contributed by atoms with E-state index in [2.05, 4.69) is 5.32 Å². The number of alkyl halides is 6. The van der Waals surface area contributed by atoms with Crippen LogP contribution in [0.2, 0.25) is 0 Å². The summed E-state index contributed by atoms with van der Waals surface area (Å²) in [6.07, 6.45) is -9.11. The molecule has 2 aliphatic rings. The van der Waals surface area contributed by atoms with Crippen LogP contribution in [0, 0.1) is 5.92 Å². The molecular formula is C25H27ClF6N2O3. The molecule has 0 spiro atoms. The van der Waals surface area contributed by atoms with E-state index in [0.29, 0.717) is 31.4 Å². The van der Waals surface area contributed by atoms with Gasteiger partial charge in [-0.2, -0.15) is 26.3 Å². The number of rotatable bonds is 6. The molecule has 4 atom stereocenters. The molecule has 0 aromatic heterocycles. The topological polar surface area (TPSA) is 50.8 Å². The number of hydrogen-bond acceptors (Lipinski definition) is 4. The van der Waals surface area contributed by atoms with Crippen LogP contribution in [0.4, 0.5) is 26.3 Å². The second-order valence-corrected chi connectivity index (χ2v) is 9.21. The van der Waals surface area contributed by atoms with Gasteiger partial charge in [0, 0.05) is 13.1 Å². The third kappa shape index (κ3) is 5.89. The number of ether oxygens (including phenoxy) is 1. The van der Waals surface area contributed by atoms with Gasteiger partial charge in [-0.25, -0.2) is 5.06 Å². The van der Waals surface area contributed by atoms with E-state index in [1.165, 1.54) is 14.2 Å². The molecule has 2 bridgehead atoms. The van der Waals surface area contributed by atoms with Crippen molar-refractivity contribution in [2.75, 3.05) is 14.2 Å². The number of nitrogens with zero attached hydrogens (tertiary/aromatic N) is 1. The van der Waals surface area contributed by atoms with Gasteiger partial charge in [0.2, 0.25) is 0 Å². The minimum Gasteiger partial charge on any atom is -0.371 e. The van der Waals surface area contributed by atoms with E-state index >= 15 is 0 Å². The lowest BCUT2D eigenvalue weighted by molar-refractivity contribution is -0.173. The van der Waals surface area contributed by atoms with Crippen LogP contribution < -0.4 is 5.32 Å². The Labute approximate surface area is 216 Å². The molecule has 1 N–H and O–H groups in total. The molecule has 2 fully saturated rings. The van der Waals surface area contributed by atoms with Gasteiger partial charge in [-0.15, -0.1) is 12.4 Å². The van der Waals surface area contributed by atoms with Crippen molar-refractivity contribution >= 4 is 18.3 Å². The summed E-state index contributed by atoms with van der Waals surface area (Å²) in [6.45, 7) is -0.449. The molecule has 0 aliphatic carbocycles. The Kier molecular flexibility index (Phi) is 8.53. The summed E-state index contributed by atoms with van der Waals surface area (Å²) in [5.41, 5.74) is -3.01. The fraction of sp³-hybridized carbons (Fsp3) is 0.480. The highest BCUT2D eigenvalue weighted by molar-refractivity contribution is 5.85. The molecule has 2 saturated heterocycles. The Morgan fingerprint density at radius 3 is 2.16 bits per heavy atom. The van der Waals surface area contributed by atoms with E-state index < -0.39 is 47.6 Å². The van der Waals surface area contributed by atoms with Crippen molar-refractivity contribution < 1.29 is 40.7 Å². The number of carbonyl (C=O) groups is 1. The summed E-state index contributed by atoms with van der Waals surface area (Å²) in [5.74, 6) is -0.657. The summed E-state index contributed by atoms with van der Waals surface area (Å²) in [6, 6.07) is 10.5. The molecule has 1 amide bonds. The van der Waals surface area contributed by atoms with Crippen LogP contribution in [0.3, 0.4) is 0 Å². The van der Waals surface area contributed by atoms with Crippen molar-refractivity contribution in [1.29, 1.82) is 0 Å². The molecule has 0 unspecified atom stereocenters. The number of benzene rings is 2. The minimum absolute atomic E-state index is 0. The first-order chi connectivity index (χ1) is 16.8. The van der Waals surface area contributed by atoms with Gasteiger partial charge in [-0.05, 0) is 48.6 Å². The van der Waals surface area contributed by atoms with Crippen molar-refractivity contribution in [2.45, 2.75) is 55.9 Å². The highest BCUT2D eigenvalue weighted by Crippen LogP contribution is 2.48. The van der Waals surface area contributed by atoms with Crippen LogP contribution in [0.15, 0.2) is 48.5 Å². The molecule has 5 nitrogen and oxygen atoms in total. The van der Waals surface area contributed by atoms with Crippen LogP contribution in [-0.4, -0.2) is 37.3 Å². The molecule has 2 aromatic carbocycles. The van der Waals surface area contributed by atoms with E-state index in [1.54, 1.807) is 0 Å². The molecule has 2 heterocycles. The van der Waals surface area contributed by atoms with Crippen LogP contribution in [0.1, 0.15) is 41.5 Å². The monoisotopic (exact) mass is 552 g/mol. The second-order valence-electron chi connectivity index (χ2n) is 9.21. The number of nitrogens with one attached hydrogen (secondary N) is 1. The van der Waals surface area contributed by atoms with Crippen LogP contribution in [0.5, 0.6) is 0 Å². The van der Waals surface area contributed by atoms with Crippen molar-refractivity contribution in [3.63, 3.8) is 0 Å². The standard InChI is InChI=1S/C25H26F6N2O3.ClH/c1-33(35-2)22(34)19-13-23(16-6-4-3-5-7-16)21(9-8-20(19)32-23)36-14-15-10-17(24(26,27)28)12-18(11-15)25(29,30)31;/h3-7,10-12,19-21,32H,8-9,13-14H2,1-2H3;1H/t19-,20+,21-,23-;/m1./s1. The average Bonchev–Trinajstić information content (AvgIpc) is 3.16.